The van der Waals surface area contributed by atoms with Crippen LogP contribution in [0.25, 0.3) is 0 Å². The van der Waals surface area contributed by atoms with Crippen LogP contribution in [0.15, 0.2) is 24.3 Å². The molecule has 2 atom stereocenters. The smallest absolute Gasteiger partial charge is 0.166 e. The fourth-order valence-corrected chi connectivity index (χ4v) is 2.35. The van der Waals surface area contributed by atoms with Gasteiger partial charge in [0.2, 0.25) is 0 Å². The van der Waals surface area contributed by atoms with Gasteiger partial charge in [-0.3, -0.25) is 0 Å². The molecule has 1 aromatic carbocycles. The predicted molar refractivity (Wildman–Crippen MR) is 77.5 cm³/mol. The third kappa shape index (κ3) is 4.44. The number of hydrogen-bond donors (Lipinski definition) is 2. The Hall–Kier alpha value is -1.20. The van der Waals surface area contributed by atoms with Gasteiger partial charge in [-0.05, 0) is 49.7 Å². The van der Waals surface area contributed by atoms with E-state index in [0.717, 1.165) is 31.6 Å². The van der Waals surface area contributed by atoms with Crippen LogP contribution in [0.4, 0.5) is 4.39 Å². The highest BCUT2D eigenvalue weighted by Crippen LogP contribution is 2.13. The normalized spacial score (nSPS) is 20.0. The van der Waals surface area contributed by atoms with Gasteiger partial charge in [-0.1, -0.05) is 12.1 Å². The maximum absolute atomic E-state index is 12.8. The first-order valence-corrected chi connectivity index (χ1v) is 6.97. The van der Waals surface area contributed by atoms with Crippen LogP contribution in [0.3, 0.4) is 0 Å². The second-order valence-electron chi connectivity index (χ2n) is 4.76. The van der Waals surface area contributed by atoms with E-state index in [2.05, 4.69) is 10.6 Å². The van der Waals surface area contributed by atoms with Crippen molar-refractivity contribution in [3.63, 3.8) is 0 Å². The summed E-state index contributed by atoms with van der Waals surface area (Å²) in [5.41, 5.74) is 1.00. The van der Waals surface area contributed by atoms with Crippen molar-refractivity contribution in [3.8, 4) is 0 Å². The summed E-state index contributed by atoms with van der Waals surface area (Å²) in [7, 11) is 0. The Morgan fingerprint density at radius 1 is 1.47 bits per heavy atom. The Bertz CT molecular complexity index is 418. The summed E-state index contributed by atoms with van der Waals surface area (Å²) in [5.74, 6) is -0.227. The zero-order valence-corrected chi connectivity index (χ0v) is 11.8. The van der Waals surface area contributed by atoms with Crippen LogP contribution in [-0.4, -0.2) is 24.4 Å². The summed E-state index contributed by atoms with van der Waals surface area (Å²) < 4.78 is 18.3. The summed E-state index contributed by atoms with van der Waals surface area (Å²) >= 11 is 5.24. The molecule has 0 spiro atoms. The zero-order chi connectivity index (χ0) is 13.7. The first-order valence-electron chi connectivity index (χ1n) is 6.56. The van der Waals surface area contributed by atoms with E-state index in [-0.39, 0.29) is 18.0 Å². The molecule has 0 bridgehead atoms. The van der Waals surface area contributed by atoms with Gasteiger partial charge in [0.1, 0.15) is 5.82 Å². The molecule has 1 aliphatic heterocycles. The second kappa shape index (κ2) is 6.82. The van der Waals surface area contributed by atoms with E-state index in [9.17, 15) is 4.39 Å². The highest BCUT2D eigenvalue weighted by molar-refractivity contribution is 7.80. The molecule has 0 amide bonds. The molecule has 1 saturated heterocycles. The summed E-state index contributed by atoms with van der Waals surface area (Å²) in [6.45, 7) is 3.58. The van der Waals surface area contributed by atoms with Crippen molar-refractivity contribution < 1.29 is 9.13 Å². The molecule has 0 aromatic heterocycles. The minimum absolute atomic E-state index is 0.0464. The summed E-state index contributed by atoms with van der Waals surface area (Å²) in [4.78, 5) is 0. The lowest BCUT2D eigenvalue weighted by Crippen LogP contribution is -2.40. The van der Waals surface area contributed by atoms with Crippen molar-refractivity contribution >= 4 is 17.3 Å². The van der Waals surface area contributed by atoms with Crippen LogP contribution in [0.5, 0.6) is 0 Å². The van der Waals surface area contributed by atoms with Gasteiger partial charge < -0.3 is 15.4 Å². The molecule has 1 fully saturated rings. The SMILES string of the molecule is C[C@H](NC(=S)NC[C@H]1CCCO1)c1ccc(F)cc1. The lowest BCUT2D eigenvalue weighted by molar-refractivity contribution is 0.114. The summed E-state index contributed by atoms with van der Waals surface area (Å²) in [5, 5.41) is 6.94. The van der Waals surface area contributed by atoms with Gasteiger partial charge in [-0.2, -0.15) is 0 Å². The van der Waals surface area contributed by atoms with Crippen LogP contribution in [0.1, 0.15) is 31.4 Å². The lowest BCUT2D eigenvalue weighted by Gasteiger charge is -2.18. The van der Waals surface area contributed by atoms with E-state index in [4.69, 9.17) is 17.0 Å². The Labute approximate surface area is 118 Å². The van der Waals surface area contributed by atoms with Gasteiger partial charge in [-0.25, -0.2) is 4.39 Å². The highest BCUT2D eigenvalue weighted by Gasteiger charge is 2.15. The lowest BCUT2D eigenvalue weighted by atomic mass is 10.1. The van der Waals surface area contributed by atoms with E-state index >= 15 is 0 Å². The van der Waals surface area contributed by atoms with Gasteiger partial charge in [0.25, 0.3) is 0 Å². The number of rotatable bonds is 4. The Balaban J connectivity index is 1.76. The van der Waals surface area contributed by atoms with Crippen molar-refractivity contribution in [2.45, 2.75) is 31.9 Å². The Morgan fingerprint density at radius 2 is 2.21 bits per heavy atom. The average molecular weight is 282 g/mol. The molecule has 1 heterocycles. The van der Waals surface area contributed by atoms with Crippen molar-refractivity contribution in [2.24, 2.45) is 0 Å². The first kappa shape index (κ1) is 14.2. The minimum Gasteiger partial charge on any atom is -0.376 e. The quantitative estimate of drug-likeness (QED) is 0.832. The average Bonchev–Trinajstić information content (AvgIpc) is 2.90. The maximum atomic E-state index is 12.8. The van der Waals surface area contributed by atoms with E-state index in [1.54, 1.807) is 12.1 Å². The van der Waals surface area contributed by atoms with Crippen LogP contribution in [0.2, 0.25) is 0 Å². The van der Waals surface area contributed by atoms with Gasteiger partial charge in [0.05, 0.1) is 12.1 Å². The monoisotopic (exact) mass is 282 g/mol. The Kier molecular flexibility index (Phi) is 5.10. The van der Waals surface area contributed by atoms with Gasteiger partial charge in [-0.15, -0.1) is 0 Å². The van der Waals surface area contributed by atoms with E-state index < -0.39 is 0 Å². The minimum atomic E-state index is -0.227. The van der Waals surface area contributed by atoms with Crippen molar-refractivity contribution in [1.82, 2.24) is 10.6 Å². The molecule has 3 nitrogen and oxygen atoms in total. The van der Waals surface area contributed by atoms with E-state index in [0.29, 0.717) is 5.11 Å². The maximum Gasteiger partial charge on any atom is 0.166 e. The van der Waals surface area contributed by atoms with Crippen molar-refractivity contribution in [2.75, 3.05) is 13.2 Å². The van der Waals surface area contributed by atoms with Crippen molar-refractivity contribution in [1.29, 1.82) is 0 Å². The fraction of sp³-hybridized carbons (Fsp3) is 0.500. The molecule has 0 saturated carbocycles. The fourth-order valence-electron chi connectivity index (χ4n) is 2.09. The number of hydrogen-bond acceptors (Lipinski definition) is 2. The first-order chi connectivity index (χ1) is 9.15. The number of benzene rings is 1. The van der Waals surface area contributed by atoms with Gasteiger partial charge in [0, 0.05) is 13.2 Å². The van der Waals surface area contributed by atoms with Gasteiger partial charge >= 0.3 is 0 Å². The molecule has 104 valence electrons. The van der Waals surface area contributed by atoms with Gasteiger partial charge in [0.15, 0.2) is 5.11 Å². The molecular weight excluding hydrogens is 263 g/mol. The standard InChI is InChI=1S/C14H19FN2OS/c1-10(11-4-6-12(15)7-5-11)17-14(19)16-9-13-3-2-8-18-13/h4-7,10,13H,2-3,8-9H2,1H3,(H2,16,17,19)/t10-,13+/m0/s1. The Morgan fingerprint density at radius 3 is 2.84 bits per heavy atom. The summed E-state index contributed by atoms with van der Waals surface area (Å²) in [6.07, 6.45) is 2.47. The molecule has 2 N–H and O–H groups in total. The molecule has 5 heteroatoms. The predicted octanol–water partition coefficient (Wildman–Crippen LogP) is 2.53. The molecule has 0 radical (unpaired) electrons. The number of thiocarbonyl (C=S) groups is 1. The van der Waals surface area contributed by atoms with Crippen LogP contribution in [0, 0.1) is 5.82 Å². The third-order valence-electron chi connectivity index (χ3n) is 3.23. The third-order valence-corrected chi connectivity index (χ3v) is 3.49. The van der Waals surface area contributed by atoms with E-state index in [1.807, 2.05) is 6.92 Å². The number of halogens is 1. The van der Waals surface area contributed by atoms with Crippen LogP contribution >= 0.6 is 12.2 Å². The second-order valence-corrected chi connectivity index (χ2v) is 5.17. The van der Waals surface area contributed by atoms with Crippen LogP contribution < -0.4 is 10.6 Å². The highest BCUT2D eigenvalue weighted by atomic mass is 32.1. The number of nitrogens with one attached hydrogen (secondary N) is 2. The van der Waals surface area contributed by atoms with Crippen molar-refractivity contribution in [3.05, 3.63) is 35.6 Å². The zero-order valence-electron chi connectivity index (χ0n) is 11.0. The summed E-state index contributed by atoms with van der Waals surface area (Å²) in [6, 6.07) is 6.48. The molecule has 2 rings (SSSR count). The molecule has 19 heavy (non-hydrogen) atoms. The molecular formula is C14H19FN2OS. The van der Waals surface area contributed by atoms with E-state index in [1.165, 1.54) is 12.1 Å². The molecule has 1 aliphatic rings. The largest absolute Gasteiger partial charge is 0.376 e. The molecule has 0 unspecified atom stereocenters. The topological polar surface area (TPSA) is 33.3 Å². The number of ether oxygens (including phenoxy) is 1. The van der Waals surface area contributed by atoms with Crippen LogP contribution in [-0.2, 0) is 4.74 Å². The molecule has 1 aromatic rings. The molecule has 0 aliphatic carbocycles.